The predicted octanol–water partition coefficient (Wildman–Crippen LogP) is 3.41. The van der Waals surface area contributed by atoms with Gasteiger partial charge in [-0.1, -0.05) is 24.3 Å². The van der Waals surface area contributed by atoms with Crippen LogP contribution in [0.3, 0.4) is 0 Å². The molecule has 2 heterocycles. The van der Waals surface area contributed by atoms with Crippen LogP contribution in [0.5, 0.6) is 0 Å². The van der Waals surface area contributed by atoms with E-state index in [-0.39, 0.29) is 11.5 Å². The summed E-state index contributed by atoms with van der Waals surface area (Å²) in [7, 11) is 3.41. The Kier molecular flexibility index (Phi) is 5.47. The average Bonchev–Trinajstić information content (AvgIpc) is 3.02. The molecule has 0 saturated heterocycles. The van der Waals surface area contributed by atoms with Crippen LogP contribution in [0.25, 0.3) is 10.6 Å². The van der Waals surface area contributed by atoms with E-state index in [1.807, 2.05) is 52.0 Å². The van der Waals surface area contributed by atoms with Crippen molar-refractivity contribution in [3.63, 3.8) is 0 Å². The largest absolute Gasteiger partial charge is 0.337 e. The predicted molar refractivity (Wildman–Crippen MR) is 112 cm³/mol. The van der Waals surface area contributed by atoms with E-state index in [1.54, 1.807) is 19.0 Å². The van der Waals surface area contributed by atoms with Crippen LogP contribution < -0.4 is 5.56 Å². The Bertz CT molecular complexity index is 1110. The fourth-order valence-corrected chi connectivity index (χ4v) is 4.25. The Morgan fingerprint density at radius 1 is 1.14 bits per heavy atom. The van der Waals surface area contributed by atoms with Crippen molar-refractivity contribution in [1.82, 2.24) is 19.7 Å². The van der Waals surface area contributed by atoms with Gasteiger partial charge in [0.2, 0.25) is 0 Å². The molecule has 7 heteroatoms. The van der Waals surface area contributed by atoms with Crippen LogP contribution in [-0.4, -0.2) is 32.6 Å². The summed E-state index contributed by atoms with van der Waals surface area (Å²) in [6.45, 7) is 8.09. The summed E-state index contributed by atoms with van der Waals surface area (Å²) in [5, 5.41) is 4.78. The lowest BCUT2D eigenvalue weighted by molar-refractivity contribution is 0.0789. The zero-order valence-corrected chi connectivity index (χ0v) is 17.8. The van der Waals surface area contributed by atoms with Crippen molar-refractivity contribution in [3.05, 3.63) is 67.6 Å². The molecule has 2 aromatic heterocycles. The number of hydrogen-bond donors (Lipinski definition) is 0. The van der Waals surface area contributed by atoms with E-state index in [4.69, 9.17) is 0 Å². The van der Waals surface area contributed by atoms with E-state index >= 15 is 0 Å². The molecule has 0 bridgehead atoms. The van der Waals surface area contributed by atoms with Crippen molar-refractivity contribution in [2.75, 3.05) is 7.05 Å². The van der Waals surface area contributed by atoms with Crippen molar-refractivity contribution in [3.8, 4) is 10.6 Å². The van der Waals surface area contributed by atoms with Crippen LogP contribution in [0.1, 0.15) is 37.7 Å². The molecule has 146 valence electrons. The maximum atomic E-state index is 13.0. The molecule has 0 radical (unpaired) electrons. The SMILES string of the molecule is Cc1ccccc1CN(C)C(=O)c1sc(-c2c(C)c(C)nn(C)c2=O)nc1C. The summed E-state index contributed by atoms with van der Waals surface area (Å²) in [5.74, 6) is -0.0928. The zero-order chi connectivity index (χ0) is 20.6. The number of hydrogen-bond acceptors (Lipinski definition) is 5. The number of aromatic nitrogens is 3. The molecule has 0 spiro atoms. The smallest absolute Gasteiger partial charge is 0.277 e. The maximum Gasteiger partial charge on any atom is 0.277 e. The summed E-state index contributed by atoms with van der Waals surface area (Å²) in [4.78, 5) is 32.4. The van der Waals surface area contributed by atoms with E-state index in [0.717, 1.165) is 22.4 Å². The van der Waals surface area contributed by atoms with Crippen LogP contribution in [0.15, 0.2) is 29.1 Å². The Morgan fingerprint density at radius 2 is 1.82 bits per heavy atom. The Hall–Kier alpha value is -2.80. The summed E-state index contributed by atoms with van der Waals surface area (Å²) < 4.78 is 1.32. The van der Waals surface area contributed by atoms with E-state index in [0.29, 0.717) is 27.7 Å². The van der Waals surface area contributed by atoms with Gasteiger partial charge >= 0.3 is 0 Å². The second kappa shape index (κ2) is 7.67. The van der Waals surface area contributed by atoms with Crippen LogP contribution in [-0.2, 0) is 13.6 Å². The summed E-state index contributed by atoms with van der Waals surface area (Å²) in [6.07, 6.45) is 0. The number of carbonyl (C=O) groups is 1. The molecular weight excluding hydrogens is 372 g/mol. The highest BCUT2D eigenvalue weighted by Crippen LogP contribution is 2.29. The lowest BCUT2D eigenvalue weighted by atomic mass is 10.1. The molecule has 3 rings (SSSR count). The molecule has 0 saturated carbocycles. The van der Waals surface area contributed by atoms with Gasteiger partial charge in [-0.05, 0) is 44.4 Å². The second-order valence-electron chi connectivity index (χ2n) is 7.04. The number of carbonyl (C=O) groups excluding carboxylic acids is 1. The van der Waals surface area contributed by atoms with E-state index in [9.17, 15) is 9.59 Å². The Balaban J connectivity index is 1.96. The summed E-state index contributed by atoms with van der Waals surface area (Å²) >= 11 is 1.27. The van der Waals surface area contributed by atoms with Crippen LogP contribution >= 0.6 is 11.3 Å². The highest BCUT2D eigenvalue weighted by molar-refractivity contribution is 7.17. The number of nitrogens with zero attached hydrogens (tertiary/aromatic N) is 4. The quantitative estimate of drug-likeness (QED) is 0.678. The van der Waals surface area contributed by atoms with Crippen molar-refractivity contribution < 1.29 is 4.79 Å². The average molecular weight is 397 g/mol. The van der Waals surface area contributed by atoms with Crippen molar-refractivity contribution in [2.24, 2.45) is 7.05 Å². The minimum Gasteiger partial charge on any atom is -0.337 e. The van der Waals surface area contributed by atoms with Crippen LogP contribution in [0.2, 0.25) is 0 Å². The zero-order valence-electron chi connectivity index (χ0n) is 17.0. The third kappa shape index (κ3) is 3.62. The van der Waals surface area contributed by atoms with Gasteiger partial charge in [0.1, 0.15) is 9.88 Å². The van der Waals surface area contributed by atoms with Gasteiger partial charge in [0.25, 0.3) is 11.5 Å². The molecule has 6 nitrogen and oxygen atoms in total. The molecule has 0 aliphatic heterocycles. The number of benzene rings is 1. The van der Waals surface area contributed by atoms with Gasteiger partial charge in [-0.25, -0.2) is 9.67 Å². The Morgan fingerprint density at radius 3 is 2.50 bits per heavy atom. The third-order valence-corrected chi connectivity index (χ3v) is 6.11. The molecule has 1 amide bonds. The molecule has 0 unspecified atom stereocenters. The first kappa shape index (κ1) is 19.9. The van der Waals surface area contributed by atoms with Gasteiger partial charge in [0, 0.05) is 20.6 Å². The van der Waals surface area contributed by atoms with E-state index in [1.165, 1.54) is 16.0 Å². The number of amides is 1. The molecule has 0 fully saturated rings. The van der Waals surface area contributed by atoms with Crippen LogP contribution in [0, 0.1) is 27.7 Å². The molecular formula is C21H24N4O2S. The van der Waals surface area contributed by atoms with Crippen LogP contribution in [0.4, 0.5) is 0 Å². The van der Waals surface area contributed by atoms with Crippen molar-refractivity contribution in [1.29, 1.82) is 0 Å². The normalized spacial score (nSPS) is 10.9. The van der Waals surface area contributed by atoms with Gasteiger partial charge < -0.3 is 4.90 Å². The number of aryl methyl sites for hydroxylation is 4. The topological polar surface area (TPSA) is 68.1 Å². The minimum absolute atomic E-state index is 0.0928. The first-order valence-electron chi connectivity index (χ1n) is 9.03. The monoisotopic (exact) mass is 396 g/mol. The number of thiazole rings is 1. The maximum absolute atomic E-state index is 13.0. The van der Waals surface area contributed by atoms with E-state index in [2.05, 4.69) is 10.1 Å². The van der Waals surface area contributed by atoms with Gasteiger partial charge in [-0.3, -0.25) is 9.59 Å². The standard InChI is InChI=1S/C21H24N4O2S/c1-12-9-7-8-10-16(12)11-24(5)21(27)18-15(4)22-19(28-18)17-13(2)14(3)23-25(6)20(17)26/h7-10H,11H2,1-6H3. The molecule has 3 aromatic rings. The lowest BCUT2D eigenvalue weighted by Crippen LogP contribution is -2.26. The van der Waals surface area contributed by atoms with Gasteiger partial charge in [0.05, 0.1) is 17.0 Å². The van der Waals surface area contributed by atoms with Gasteiger partial charge in [0.15, 0.2) is 0 Å². The van der Waals surface area contributed by atoms with Gasteiger partial charge in [-0.15, -0.1) is 11.3 Å². The molecule has 0 N–H and O–H groups in total. The second-order valence-corrected chi connectivity index (χ2v) is 8.03. The molecule has 28 heavy (non-hydrogen) atoms. The number of rotatable bonds is 4. The summed E-state index contributed by atoms with van der Waals surface area (Å²) in [6, 6.07) is 8.02. The fraction of sp³-hybridized carbons (Fsp3) is 0.333. The van der Waals surface area contributed by atoms with Gasteiger partial charge in [-0.2, -0.15) is 5.10 Å². The fourth-order valence-electron chi connectivity index (χ4n) is 3.09. The summed E-state index contributed by atoms with van der Waals surface area (Å²) in [5.41, 5.74) is 4.77. The van der Waals surface area contributed by atoms with E-state index < -0.39 is 0 Å². The highest BCUT2D eigenvalue weighted by atomic mass is 32.1. The molecule has 0 atom stereocenters. The third-order valence-electron chi connectivity index (χ3n) is 4.95. The van der Waals surface area contributed by atoms with Crippen molar-refractivity contribution in [2.45, 2.75) is 34.2 Å². The molecule has 1 aromatic carbocycles. The Labute approximate surface area is 168 Å². The highest BCUT2D eigenvalue weighted by Gasteiger charge is 2.23. The minimum atomic E-state index is -0.205. The molecule has 0 aliphatic carbocycles. The molecule has 0 aliphatic rings. The first-order valence-corrected chi connectivity index (χ1v) is 9.84. The van der Waals surface area contributed by atoms with Crippen molar-refractivity contribution >= 4 is 17.2 Å². The lowest BCUT2D eigenvalue weighted by Gasteiger charge is -2.18. The first-order chi connectivity index (χ1) is 13.2.